The SMILES string of the molecule is CCN(Cc1ccc(OC)cc1)C(=O)C(N)CC1CCCCC1. The number of likely N-dealkylation sites (N-methyl/N-ethyl adjacent to an activating group) is 1. The Hall–Kier alpha value is -1.55. The number of nitrogens with two attached hydrogens (primary N) is 1. The number of nitrogens with zero attached hydrogens (tertiary/aromatic N) is 1. The molecule has 1 aliphatic carbocycles. The zero-order valence-corrected chi connectivity index (χ0v) is 14.5. The Kier molecular flexibility index (Phi) is 6.90. The predicted molar refractivity (Wildman–Crippen MR) is 93.3 cm³/mol. The highest BCUT2D eigenvalue weighted by Gasteiger charge is 2.24. The summed E-state index contributed by atoms with van der Waals surface area (Å²) in [6, 6.07) is 7.49. The van der Waals surface area contributed by atoms with Gasteiger partial charge in [0.05, 0.1) is 13.2 Å². The quantitative estimate of drug-likeness (QED) is 0.839. The Bertz CT molecular complexity index is 481. The van der Waals surface area contributed by atoms with Crippen LogP contribution >= 0.6 is 0 Å². The molecule has 2 rings (SSSR count). The summed E-state index contributed by atoms with van der Waals surface area (Å²) >= 11 is 0. The molecule has 0 saturated heterocycles. The number of benzene rings is 1. The first kappa shape index (κ1) is 17.8. The number of ether oxygens (including phenoxy) is 1. The standard InChI is InChI=1S/C19H30N2O2/c1-3-21(14-16-9-11-17(23-2)12-10-16)19(22)18(20)13-15-7-5-4-6-8-15/h9-12,15,18H,3-8,13-14,20H2,1-2H3. The minimum atomic E-state index is -0.365. The van der Waals surface area contributed by atoms with E-state index in [1.54, 1.807) is 7.11 Å². The maximum absolute atomic E-state index is 12.7. The first-order chi connectivity index (χ1) is 11.1. The topological polar surface area (TPSA) is 55.6 Å². The van der Waals surface area contributed by atoms with Crippen LogP contribution in [0.2, 0.25) is 0 Å². The second-order valence-electron chi connectivity index (χ2n) is 6.55. The fourth-order valence-corrected chi connectivity index (χ4v) is 3.41. The smallest absolute Gasteiger partial charge is 0.239 e. The number of rotatable bonds is 7. The third kappa shape index (κ3) is 5.24. The molecule has 1 aliphatic rings. The van der Waals surface area contributed by atoms with Crippen molar-refractivity contribution in [3.63, 3.8) is 0 Å². The second kappa shape index (κ2) is 8.92. The molecule has 0 aromatic heterocycles. The normalized spacial score (nSPS) is 16.8. The molecule has 0 spiro atoms. The third-order valence-electron chi connectivity index (χ3n) is 4.86. The van der Waals surface area contributed by atoms with E-state index in [1.165, 1.54) is 32.1 Å². The van der Waals surface area contributed by atoms with Crippen molar-refractivity contribution >= 4 is 5.91 Å². The molecule has 1 aromatic carbocycles. The van der Waals surface area contributed by atoms with Gasteiger partial charge in [0.25, 0.3) is 0 Å². The van der Waals surface area contributed by atoms with Crippen molar-refractivity contribution < 1.29 is 9.53 Å². The van der Waals surface area contributed by atoms with Crippen molar-refractivity contribution in [2.45, 2.75) is 58.0 Å². The van der Waals surface area contributed by atoms with Crippen molar-refractivity contribution in [2.24, 2.45) is 11.7 Å². The average molecular weight is 318 g/mol. The summed E-state index contributed by atoms with van der Waals surface area (Å²) in [4.78, 5) is 14.5. The number of methoxy groups -OCH3 is 1. The summed E-state index contributed by atoms with van der Waals surface area (Å²) < 4.78 is 5.17. The van der Waals surface area contributed by atoms with Crippen LogP contribution in [0.4, 0.5) is 0 Å². The van der Waals surface area contributed by atoms with E-state index in [0.29, 0.717) is 19.0 Å². The number of amides is 1. The zero-order chi connectivity index (χ0) is 16.7. The predicted octanol–water partition coefficient (Wildman–Crippen LogP) is 3.34. The minimum Gasteiger partial charge on any atom is -0.497 e. The molecule has 0 bridgehead atoms. The lowest BCUT2D eigenvalue weighted by molar-refractivity contribution is -0.133. The highest BCUT2D eigenvalue weighted by molar-refractivity contribution is 5.81. The number of hydrogen-bond acceptors (Lipinski definition) is 3. The van der Waals surface area contributed by atoms with Gasteiger partial charge in [-0.1, -0.05) is 44.2 Å². The third-order valence-corrected chi connectivity index (χ3v) is 4.86. The lowest BCUT2D eigenvalue weighted by Crippen LogP contribution is -2.44. The van der Waals surface area contributed by atoms with E-state index in [0.717, 1.165) is 17.7 Å². The molecule has 1 amide bonds. The van der Waals surface area contributed by atoms with Gasteiger partial charge >= 0.3 is 0 Å². The molecule has 0 heterocycles. The first-order valence-electron chi connectivity index (χ1n) is 8.81. The highest BCUT2D eigenvalue weighted by atomic mass is 16.5. The summed E-state index contributed by atoms with van der Waals surface area (Å²) in [5.74, 6) is 1.54. The molecule has 1 atom stereocenters. The Morgan fingerprint density at radius 3 is 2.48 bits per heavy atom. The fraction of sp³-hybridized carbons (Fsp3) is 0.632. The lowest BCUT2D eigenvalue weighted by atomic mass is 9.85. The molecule has 128 valence electrons. The molecule has 1 unspecified atom stereocenters. The molecule has 2 N–H and O–H groups in total. The van der Waals surface area contributed by atoms with Crippen LogP contribution in [0.1, 0.15) is 51.0 Å². The van der Waals surface area contributed by atoms with Crippen molar-refractivity contribution in [1.29, 1.82) is 0 Å². The second-order valence-corrected chi connectivity index (χ2v) is 6.55. The Balaban J connectivity index is 1.90. The van der Waals surface area contributed by atoms with Crippen molar-refractivity contribution in [1.82, 2.24) is 4.90 Å². The van der Waals surface area contributed by atoms with Crippen LogP contribution in [0.3, 0.4) is 0 Å². The molecule has 0 radical (unpaired) electrons. The molecule has 4 nitrogen and oxygen atoms in total. The summed E-state index contributed by atoms with van der Waals surface area (Å²) in [7, 11) is 1.65. The largest absolute Gasteiger partial charge is 0.497 e. The van der Waals surface area contributed by atoms with Gasteiger partial charge in [-0.15, -0.1) is 0 Å². The maximum atomic E-state index is 12.7. The van der Waals surface area contributed by atoms with Crippen molar-refractivity contribution in [2.75, 3.05) is 13.7 Å². The summed E-state index contributed by atoms with van der Waals surface area (Å²) in [6.07, 6.45) is 7.19. The molecule has 1 aromatic rings. The van der Waals surface area contributed by atoms with Gasteiger partial charge in [-0.05, 0) is 37.0 Å². The molecule has 4 heteroatoms. The van der Waals surface area contributed by atoms with E-state index in [9.17, 15) is 4.79 Å². The van der Waals surface area contributed by atoms with Crippen LogP contribution in [-0.4, -0.2) is 30.5 Å². The van der Waals surface area contributed by atoms with Gasteiger partial charge in [0.1, 0.15) is 5.75 Å². The maximum Gasteiger partial charge on any atom is 0.239 e. The molecular formula is C19H30N2O2. The molecular weight excluding hydrogens is 288 g/mol. The van der Waals surface area contributed by atoms with E-state index < -0.39 is 0 Å². The monoisotopic (exact) mass is 318 g/mol. The van der Waals surface area contributed by atoms with Crippen LogP contribution < -0.4 is 10.5 Å². The van der Waals surface area contributed by atoms with E-state index in [1.807, 2.05) is 36.1 Å². The Morgan fingerprint density at radius 2 is 1.91 bits per heavy atom. The Labute approximate surface area is 140 Å². The van der Waals surface area contributed by atoms with Crippen LogP contribution in [0.25, 0.3) is 0 Å². The summed E-state index contributed by atoms with van der Waals surface area (Å²) in [5.41, 5.74) is 7.32. The molecule has 1 saturated carbocycles. The van der Waals surface area contributed by atoms with E-state index in [4.69, 9.17) is 10.5 Å². The Morgan fingerprint density at radius 1 is 1.26 bits per heavy atom. The van der Waals surface area contributed by atoms with E-state index in [-0.39, 0.29) is 11.9 Å². The van der Waals surface area contributed by atoms with Gasteiger partial charge in [0.2, 0.25) is 5.91 Å². The average Bonchev–Trinajstić information content (AvgIpc) is 2.60. The zero-order valence-electron chi connectivity index (χ0n) is 14.5. The first-order valence-corrected chi connectivity index (χ1v) is 8.81. The summed E-state index contributed by atoms with van der Waals surface area (Å²) in [6.45, 7) is 3.30. The molecule has 1 fully saturated rings. The van der Waals surface area contributed by atoms with Gasteiger partial charge in [0.15, 0.2) is 0 Å². The van der Waals surface area contributed by atoms with Gasteiger partial charge in [-0.2, -0.15) is 0 Å². The lowest BCUT2D eigenvalue weighted by Gasteiger charge is -2.28. The van der Waals surface area contributed by atoms with Gasteiger partial charge in [0, 0.05) is 13.1 Å². The molecule has 0 aliphatic heterocycles. The number of hydrogen-bond donors (Lipinski definition) is 1. The number of carbonyl (C=O) groups excluding carboxylic acids is 1. The van der Waals surface area contributed by atoms with Gasteiger partial charge in [-0.25, -0.2) is 0 Å². The van der Waals surface area contributed by atoms with E-state index in [2.05, 4.69) is 0 Å². The van der Waals surface area contributed by atoms with Gasteiger partial charge < -0.3 is 15.4 Å². The van der Waals surface area contributed by atoms with Crippen LogP contribution in [0, 0.1) is 5.92 Å². The number of carbonyl (C=O) groups is 1. The highest BCUT2D eigenvalue weighted by Crippen LogP contribution is 2.27. The van der Waals surface area contributed by atoms with Crippen LogP contribution in [0.15, 0.2) is 24.3 Å². The summed E-state index contributed by atoms with van der Waals surface area (Å²) in [5, 5.41) is 0. The van der Waals surface area contributed by atoms with Crippen molar-refractivity contribution in [3.05, 3.63) is 29.8 Å². The molecule has 23 heavy (non-hydrogen) atoms. The van der Waals surface area contributed by atoms with Gasteiger partial charge in [-0.3, -0.25) is 4.79 Å². The van der Waals surface area contributed by atoms with Crippen molar-refractivity contribution in [3.8, 4) is 5.75 Å². The van der Waals surface area contributed by atoms with Crippen LogP contribution in [-0.2, 0) is 11.3 Å². The van der Waals surface area contributed by atoms with E-state index >= 15 is 0 Å². The van der Waals surface area contributed by atoms with Crippen LogP contribution in [0.5, 0.6) is 5.75 Å². The fourth-order valence-electron chi connectivity index (χ4n) is 3.41. The minimum absolute atomic E-state index is 0.0777.